The van der Waals surface area contributed by atoms with Crippen molar-refractivity contribution in [2.75, 3.05) is 12.4 Å². The first kappa shape index (κ1) is 15.4. The molecule has 2 aromatic rings. The van der Waals surface area contributed by atoms with Crippen molar-refractivity contribution in [1.29, 1.82) is 0 Å². The molecule has 1 unspecified atom stereocenters. The van der Waals surface area contributed by atoms with Crippen molar-refractivity contribution in [3.8, 4) is 5.75 Å². The molecule has 0 heterocycles. The average molecular weight is 283 g/mol. The highest BCUT2D eigenvalue weighted by atomic mass is 16.5. The van der Waals surface area contributed by atoms with Crippen LogP contribution in [-0.2, 0) is 0 Å². The number of anilines is 1. The zero-order valence-corrected chi connectivity index (χ0v) is 13.4. The minimum atomic E-state index is 0.251. The Hall–Kier alpha value is -1.96. The smallest absolute Gasteiger partial charge is 0.124 e. The van der Waals surface area contributed by atoms with E-state index in [1.807, 2.05) is 12.1 Å². The molecule has 0 saturated heterocycles. The summed E-state index contributed by atoms with van der Waals surface area (Å²) < 4.78 is 5.50. The molecule has 0 spiro atoms. The highest BCUT2D eigenvalue weighted by Gasteiger charge is 2.15. The molecule has 0 fully saturated rings. The molecule has 0 aromatic heterocycles. The van der Waals surface area contributed by atoms with E-state index in [2.05, 4.69) is 62.5 Å². The second-order valence-electron chi connectivity index (χ2n) is 5.59. The summed E-state index contributed by atoms with van der Waals surface area (Å²) in [6.45, 7) is 6.65. The van der Waals surface area contributed by atoms with E-state index in [0.29, 0.717) is 5.92 Å². The fraction of sp³-hybridized carbons (Fsp3) is 0.368. The van der Waals surface area contributed by atoms with Crippen LogP contribution >= 0.6 is 0 Å². The topological polar surface area (TPSA) is 21.3 Å². The first-order valence-corrected chi connectivity index (χ1v) is 7.65. The lowest BCUT2D eigenvalue weighted by atomic mass is 9.98. The zero-order chi connectivity index (χ0) is 15.2. The van der Waals surface area contributed by atoms with Gasteiger partial charge in [-0.3, -0.25) is 0 Å². The minimum absolute atomic E-state index is 0.251. The van der Waals surface area contributed by atoms with Gasteiger partial charge in [0.1, 0.15) is 5.75 Å². The number of benzene rings is 2. The van der Waals surface area contributed by atoms with E-state index in [1.165, 1.54) is 16.8 Å². The maximum absolute atomic E-state index is 5.50. The van der Waals surface area contributed by atoms with Crippen LogP contribution in [0, 0.1) is 0 Å². The molecule has 21 heavy (non-hydrogen) atoms. The summed E-state index contributed by atoms with van der Waals surface area (Å²) in [7, 11) is 1.73. The molecule has 0 saturated carbocycles. The normalized spacial score (nSPS) is 12.2. The van der Waals surface area contributed by atoms with Gasteiger partial charge in [-0.2, -0.15) is 0 Å². The van der Waals surface area contributed by atoms with Crippen LogP contribution in [0.15, 0.2) is 48.5 Å². The Morgan fingerprint density at radius 2 is 1.57 bits per heavy atom. The lowest BCUT2D eigenvalue weighted by molar-refractivity contribution is 0.406. The first-order valence-electron chi connectivity index (χ1n) is 7.65. The second-order valence-corrected chi connectivity index (χ2v) is 5.59. The molecular weight excluding hydrogens is 258 g/mol. The molecule has 0 aliphatic rings. The van der Waals surface area contributed by atoms with Crippen molar-refractivity contribution in [3.05, 3.63) is 59.7 Å². The van der Waals surface area contributed by atoms with Crippen LogP contribution in [0.1, 0.15) is 50.3 Å². The molecule has 0 amide bonds. The molecule has 1 N–H and O–H groups in total. The van der Waals surface area contributed by atoms with Crippen LogP contribution in [0.5, 0.6) is 5.75 Å². The van der Waals surface area contributed by atoms with E-state index < -0.39 is 0 Å². The predicted octanol–water partition coefficient (Wildman–Crippen LogP) is 5.38. The number of nitrogens with one attached hydrogen (secondary N) is 1. The first-order chi connectivity index (χ1) is 10.2. The second kappa shape index (κ2) is 7.16. The van der Waals surface area contributed by atoms with Crippen LogP contribution in [0.3, 0.4) is 0 Å². The fourth-order valence-corrected chi connectivity index (χ4v) is 2.67. The van der Waals surface area contributed by atoms with Crippen molar-refractivity contribution in [2.45, 2.75) is 39.2 Å². The molecular formula is C19H25NO. The van der Waals surface area contributed by atoms with E-state index in [-0.39, 0.29) is 6.04 Å². The van der Waals surface area contributed by atoms with Crippen molar-refractivity contribution in [2.24, 2.45) is 0 Å². The number of rotatable bonds is 6. The average Bonchev–Trinajstić information content (AvgIpc) is 2.52. The van der Waals surface area contributed by atoms with E-state index in [9.17, 15) is 0 Å². The maximum atomic E-state index is 5.50. The third kappa shape index (κ3) is 3.57. The molecule has 2 rings (SSSR count). The Bertz CT molecular complexity index is 577. The van der Waals surface area contributed by atoms with Gasteiger partial charge in [-0.15, -0.1) is 0 Å². The molecule has 0 bridgehead atoms. The molecule has 2 nitrogen and oxygen atoms in total. The van der Waals surface area contributed by atoms with E-state index in [4.69, 9.17) is 4.74 Å². The highest BCUT2D eigenvalue weighted by Crippen LogP contribution is 2.32. The highest BCUT2D eigenvalue weighted by molar-refractivity contribution is 5.55. The van der Waals surface area contributed by atoms with Crippen LogP contribution in [0.2, 0.25) is 0 Å². The Balaban J connectivity index is 2.32. The van der Waals surface area contributed by atoms with Crippen molar-refractivity contribution < 1.29 is 4.74 Å². The van der Waals surface area contributed by atoms with Gasteiger partial charge >= 0.3 is 0 Å². The Labute approximate surface area is 128 Å². The molecule has 112 valence electrons. The van der Waals surface area contributed by atoms with Crippen molar-refractivity contribution >= 4 is 5.69 Å². The lowest BCUT2D eigenvalue weighted by Crippen LogP contribution is -2.12. The Morgan fingerprint density at radius 1 is 0.952 bits per heavy atom. The third-order valence-corrected chi connectivity index (χ3v) is 3.84. The van der Waals surface area contributed by atoms with Gasteiger partial charge in [0.25, 0.3) is 0 Å². The van der Waals surface area contributed by atoms with E-state index in [0.717, 1.165) is 12.2 Å². The largest absolute Gasteiger partial charge is 0.496 e. The SMILES string of the molecule is CCC(Nc1ccccc1C(C)C)c1ccccc1OC. The number of hydrogen-bond acceptors (Lipinski definition) is 2. The monoisotopic (exact) mass is 283 g/mol. The predicted molar refractivity (Wildman–Crippen MR) is 90.2 cm³/mol. The van der Waals surface area contributed by atoms with Gasteiger partial charge < -0.3 is 10.1 Å². The lowest BCUT2D eigenvalue weighted by Gasteiger charge is -2.23. The van der Waals surface area contributed by atoms with Gasteiger partial charge in [-0.05, 0) is 30.0 Å². The van der Waals surface area contributed by atoms with Gasteiger partial charge in [-0.25, -0.2) is 0 Å². The van der Waals surface area contributed by atoms with Crippen LogP contribution in [-0.4, -0.2) is 7.11 Å². The summed E-state index contributed by atoms with van der Waals surface area (Å²) >= 11 is 0. The summed E-state index contributed by atoms with van der Waals surface area (Å²) in [5, 5.41) is 3.69. The van der Waals surface area contributed by atoms with E-state index >= 15 is 0 Å². The quantitative estimate of drug-likeness (QED) is 0.768. The van der Waals surface area contributed by atoms with E-state index in [1.54, 1.807) is 7.11 Å². The van der Waals surface area contributed by atoms with Crippen molar-refractivity contribution in [3.63, 3.8) is 0 Å². The number of hydrogen-bond donors (Lipinski definition) is 1. The Morgan fingerprint density at radius 3 is 2.19 bits per heavy atom. The van der Waals surface area contributed by atoms with Crippen LogP contribution in [0.25, 0.3) is 0 Å². The molecule has 0 radical (unpaired) electrons. The summed E-state index contributed by atoms with van der Waals surface area (Å²) in [6, 6.07) is 17.0. The fourth-order valence-electron chi connectivity index (χ4n) is 2.67. The van der Waals surface area contributed by atoms with Crippen LogP contribution in [0.4, 0.5) is 5.69 Å². The summed E-state index contributed by atoms with van der Waals surface area (Å²) in [6.07, 6.45) is 1.01. The summed E-state index contributed by atoms with van der Waals surface area (Å²) in [5.74, 6) is 1.45. The minimum Gasteiger partial charge on any atom is -0.496 e. The number of ether oxygens (including phenoxy) is 1. The zero-order valence-electron chi connectivity index (χ0n) is 13.4. The summed E-state index contributed by atoms with van der Waals surface area (Å²) in [5.41, 5.74) is 3.78. The molecule has 2 aromatic carbocycles. The van der Waals surface area contributed by atoms with Crippen LogP contribution < -0.4 is 10.1 Å². The maximum Gasteiger partial charge on any atom is 0.124 e. The molecule has 2 heteroatoms. The Kier molecular flexibility index (Phi) is 5.26. The van der Waals surface area contributed by atoms with Gasteiger partial charge in [0.2, 0.25) is 0 Å². The third-order valence-electron chi connectivity index (χ3n) is 3.84. The van der Waals surface area contributed by atoms with Crippen molar-refractivity contribution in [1.82, 2.24) is 0 Å². The van der Waals surface area contributed by atoms with Gasteiger partial charge in [-0.1, -0.05) is 57.2 Å². The number of methoxy groups -OCH3 is 1. The van der Waals surface area contributed by atoms with Gasteiger partial charge in [0.15, 0.2) is 0 Å². The van der Waals surface area contributed by atoms with Gasteiger partial charge in [0, 0.05) is 11.3 Å². The molecule has 0 aliphatic carbocycles. The number of para-hydroxylation sites is 2. The summed E-state index contributed by atoms with van der Waals surface area (Å²) in [4.78, 5) is 0. The van der Waals surface area contributed by atoms with Gasteiger partial charge in [0.05, 0.1) is 13.2 Å². The molecule has 1 atom stereocenters. The molecule has 0 aliphatic heterocycles. The standard InChI is InChI=1S/C19H25NO/c1-5-17(16-11-7-9-13-19(16)21-4)20-18-12-8-6-10-15(18)14(2)3/h6-14,17,20H,5H2,1-4H3.